The normalized spacial score (nSPS) is 17.1. The number of aliphatic carboxylic acids is 6. The van der Waals surface area contributed by atoms with E-state index < -0.39 is 347 Å². The van der Waals surface area contributed by atoms with Gasteiger partial charge in [-0.3, -0.25) is 120 Å². The summed E-state index contributed by atoms with van der Waals surface area (Å²) in [5, 5.41) is 132. The van der Waals surface area contributed by atoms with Gasteiger partial charge in [-0.2, -0.15) is 0 Å². The number of carbonyl (C=O) groups excluding carboxylic acids is 18. The van der Waals surface area contributed by atoms with Gasteiger partial charge in [-0.15, -0.1) is 0 Å². The fourth-order valence-corrected chi connectivity index (χ4v) is 13.0. The Morgan fingerprint density at radius 1 is 0.382 bits per heavy atom. The first-order chi connectivity index (χ1) is 61.1. The quantitative estimate of drug-likeness (QED) is 0.0153. The van der Waals surface area contributed by atoms with Crippen molar-refractivity contribution >= 4 is 148 Å². The van der Waals surface area contributed by atoms with E-state index in [1.165, 1.54) is 27.7 Å². The molecule has 2 aliphatic rings. The number of rotatable bonds is 59. The molecule has 2 aliphatic heterocycles. The van der Waals surface area contributed by atoms with Crippen LogP contribution in [0.25, 0.3) is 0 Å². The fourth-order valence-electron chi connectivity index (χ4n) is 13.0. The number of likely N-dealkylation sites (tertiary alicyclic amines) is 2. The molecule has 55 nitrogen and oxygen atoms in total. The number of carboxylic acids is 6. The van der Waals surface area contributed by atoms with Crippen molar-refractivity contribution in [3.05, 3.63) is 0 Å². The third-order valence-corrected chi connectivity index (χ3v) is 20.1. The van der Waals surface area contributed by atoms with Crippen LogP contribution in [0.5, 0.6) is 0 Å². The number of aliphatic hydroxyl groups excluding tert-OH is 3. The van der Waals surface area contributed by atoms with Crippen molar-refractivity contribution in [3.63, 3.8) is 0 Å². The third-order valence-electron chi connectivity index (χ3n) is 20.1. The van der Waals surface area contributed by atoms with Crippen LogP contribution in [-0.2, 0) is 115 Å². The van der Waals surface area contributed by atoms with Gasteiger partial charge in [-0.05, 0) is 110 Å². The summed E-state index contributed by atoms with van der Waals surface area (Å²) in [6.45, 7) is 6.62. The lowest BCUT2D eigenvalue weighted by atomic mass is 10.0. The Kier molecular flexibility index (Phi) is 48.5. The van der Waals surface area contributed by atoms with Gasteiger partial charge in [-0.25, -0.2) is 0 Å². The van der Waals surface area contributed by atoms with Crippen molar-refractivity contribution in [2.75, 3.05) is 39.4 Å². The van der Waals surface area contributed by atoms with E-state index in [1.54, 1.807) is 13.8 Å². The Labute approximate surface area is 748 Å². The van der Waals surface area contributed by atoms with Crippen LogP contribution < -0.4 is 102 Å². The minimum Gasteiger partial charge on any atom is -0.481 e. The molecular formula is C76H122N22O33. The molecule has 0 aromatic carbocycles. The number of carbonyl (C=O) groups is 24. The average molecular weight is 1870 g/mol. The Balaban J connectivity index is 2.38. The second kappa shape index (κ2) is 56.0. The molecule has 2 heterocycles. The summed E-state index contributed by atoms with van der Waals surface area (Å²) in [4.78, 5) is 319. The van der Waals surface area contributed by atoms with Crippen LogP contribution in [0, 0.1) is 17.2 Å². The van der Waals surface area contributed by atoms with E-state index in [4.69, 9.17) is 22.6 Å². The van der Waals surface area contributed by atoms with Crippen molar-refractivity contribution in [2.45, 2.75) is 273 Å². The van der Waals surface area contributed by atoms with Crippen molar-refractivity contribution in [1.29, 1.82) is 5.41 Å². The Bertz CT molecular complexity index is 4150. The number of nitrogens with one attached hydrogen (secondary N) is 17. The van der Waals surface area contributed by atoms with Crippen molar-refractivity contribution < 1.29 is 161 Å². The zero-order valence-corrected chi connectivity index (χ0v) is 73.3. The molecule has 2 fully saturated rings. The van der Waals surface area contributed by atoms with Crippen LogP contribution in [0.4, 0.5) is 0 Å². The topological polar surface area (TPSA) is 893 Å². The predicted molar refractivity (Wildman–Crippen MR) is 445 cm³/mol. The largest absolute Gasteiger partial charge is 0.481 e. The average Bonchev–Trinajstić information content (AvgIpc) is 1.70. The molecule has 0 spiro atoms. The maximum absolute atomic E-state index is 14.2. The number of hydrogen-bond donors (Lipinski definition) is 29. The van der Waals surface area contributed by atoms with Crippen LogP contribution in [0.2, 0.25) is 0 Å². The molecule has 55 heteroatoms. The molecule has 0 aromatic heterocycles. The van der Waals surface area contributed by atoms with Gasteiger partial charge in [0.05, 0.1) is 44.7 Å². The van der Waals surface area contributed by atoms with Gasteiger partial charge in [0.15, 0.2) is 5.96 Å². The van der Waals surface area contributed by atoms with Crippen LogP contribution in [0.15, 0.2) is 0 Å². The number of amides is 18. The molecule has 0 bridgehead atoms. The van der Waals surface area contributed by atoms with Gasteiger partial charge in [0.25, 0.3) is 0 Å². The Morgan fingerprint density at radius 3 is 1.18 bits per heavy atom. The smallest absolute Gasteiger partial charge is 0.325 e. The van der Waals surface area contributed by atoms with E-state index in [9.17, 15) is 161 Å². The summed E-state index contributed by atoms with van der Waals surface area (Å²) >= 11 is 0. The molecule has 734 valence electrons. The summed E-state index contributed by atoms with van der Waals surface area (Å²) in [6, 6.07) is -29.5. The zero-order valence-electron chi connectivity index (χ0n) is 73.3. The molecule has 18 atom stereocenters. The maximum Gasteiger partial charge on any atom is 0.325 e. The van der Waals surface area contributed by atoms with Crippen LogP contribution >= 0.6 is 0 Å². The number of aliphatic hydroxyl groups is 3. The molecule has 2 saturated heterocycles. The third kappa shape index (κ3) is 40.3. The van der Waals surface area contributed by atoms with E-state index >= 15 is 0 Å². The SMILES string of the molecule is CC(C)C[C@H](NC(=O)[C@H](C)N)C(=O)N[C@H](C(=O)N[C@@H](CO)C(=O)N[C@@H](CCC(=O)O)C(=O)N[C@@H](CCC(=O)O)C(=O)N[C@@H](C)C(=O)N[C@@H](CCC(=O)O)C(=O)N[C@@H](CCCNC(=N)N)C(=O)N[C@@H](CO)C(=O)N[C@@H](CC(=O)O)C(=O)NCC(=O)N[C@@H](CC(=O)O)C(=O)N1CCC[C@H]1C(=O)N[C@H](C(=O)N[C@@H](CCC(N)=O)C(=O)N1CCC[C@H]1C(=O)N[C@@H](C)C(=O)O)C(C)C)[C@@H](C)O. The second-order valence-electron chi connectivity index (χ2n) is 31.8. The predicted octanol–water partition coefficient (Wildman–Crippen LogP) is -12.5. The summed E-state index contributed by atoms with van der Waals surface area (Å²) in [5.74, 6) is -32.5. The van der Waals surface area contributed by atoms with Crippen LogP contribution in [-0.4, -0.2) is 352 Å². The van der Waals surface area contributed by atoms with Gasteiger partial charge >= 0.3 is 35.8 Å². The van der Waals surface area contributed by atoms with Gasteiger partial charge in [-0.1, -0.05) is 27.7 Å². The Hall–Kier alpha value is -13.6. The standard InChI is InChI=1S/C76H122N22O33/c1-32(2)26-43(91-59(114)34(5)77)66(121)96-58(37(8)101)72(127)94-47(31-100)67(122)89-41(18-22-54(108)109)65(120)88-39(16-20-52(104)105)62(117)83-35(6)60(115)86-40(17-21-53(106)107)64(119)87-38(12-9-23-81-76(79)80)63(118)93-46(30-99)68(123)92-44(27-55(110)111)61(116)82-29-51(103)85-45(28-56(112)113)74(129)98-25-11-14-49(98)70(125)95-57(33(3)4)71(126)90-42(15-19-50(78)102)73(128)97-24-10-13-48(97)69(124)84-36(7)75(130)131/h32-49,57-58,99-101H,9-31,77H2,1-8H3,(H2,78,102)(H,82,116)(H,83,117)(H,84,124)(H,85,103)(H,86,115)(H,87,119)(H,88,120)(H,89,122)(H,90,126)(H,91,114)(H,92,123)(H,93,118)(H,94,127)(H,95,125)(H,96,121)(H,104,105)(H,106,107)(H,108,109)(H,110,111)(H,112,113)(H,130,131)(H4,79,80,81)/t34-,35-,36-,37+,38-,39-,40-,41-,42-,43-,44-,45-,46-,47-,48-,49-,57-,58-/m0/s1. The van der Waals surface area contributed by atoms with E-state index in [0.29, 0.717) is 6.42 Å². The summed E-state index contributed by atoms with van der Waals surface area (Å²) < 4.78 is 0. The number of nitrogens with zero attached hydrogens (tertiary/aromatic N) is 2. The molecule has 0 radical (unpaired) electrons. The summed E-state index contributed by atoms with van der Waals surface area (Å²) in [6.07, 6.45) is -10.5. The highest BCUT2D eigenvalue weighted by atomic mass is 16.4. The van der Waals surface area contributed by atoms with E-state index in [-0.39, 0.29) is 64.1 Å². The maximum atomic E-state index is 14.2. The number of nitrogens with two attached hydrogens (primary N) is 3. The van der Waals surface area contributed by atoms with Crippen LogP contribution in [0.3, 0.4) is 0 Å². The van der Waals surface area contributed by atoms with Crippen molar-refractivity contribution in [1.82, 2.24) is 94.9 Å². The molecule has 0 aromatic rings. The lowest BCUT2D eigenvalue weighted by Crippen LogP contribution is -2.62. The van der Waals surface area contributed by atoms with Crippen molar-refractivity contribution in [2.24, 2.45) is 29.0 Å². The highest BCUT2D eigenvalue weighted by molar-refractivity contribution is 6.03. The van der Waals surface area contributed by atoms with E-state index in [0.717, 1.165) is 23.6 Å². The first kappa shape index (κ1) is 113. The first-order valence-electron chi connectivity index (χ1n) is 41.6. The van der Waals surface area contributed by atoms with Gasteiger partial charge in [0.2, 0.25) is 106 Å². The van der Waals surface area contributed by atoms with Crippen molar-refractivity contribution in [3.8, 4) is 0 Å². The van der Waals surface area contributed by atoms with Gasteiger partial charge < -0.3 is 158 Å². The van der Waals surface area contributed by atoms with Crippen LogP contribution in [0.1, 0.15) is 165 Å². The minimum absolute atomic E-state index is 0.0100. The molecular weight excluding hydrogens is 1750 g/mol. The molecule has 0 unspecified atom stereocenters. The number of primary amides is 1. The highest BCUT2D eigenvalue weighted by Gasteiger charge is 2.45. The lowest BCUT2D eigenvalue weighted by molar-refractivity contribution is -0.146. The fraction of sp³-hybridized carbons (Fsp3) is 0.671. The lowest BCUT2D eigenvalue weighted by Gasteiger charge is -2.32. The summed E-state index contributed by atoms with van der Waals surface area (Å²) in [7, 11) is 0. The molecule has 32 N–H and O–H groups in total. The van der Waals surface area contributed by atoms with E-state index in [2.05, 4.69) is 74.4 Å². The molecule has 131 heavy (non-hydrogen) atoms. The van der Waals surface area contributed by atoms with Gasteiger partial charge in [0.1, 0.15) is 96.7 Å². The number of hydrogen-bond acceptors (Lipinski definition) is 29. The highest BCUT2D eigenvalue weighted by Crippen LogP contribution is 2.23. The molecule has 0 aliphatic carbocycles. The van der Waals surface area contributed by atoms with E-state index in [1.807, 2.05) is 10.6 Å². The first-order valence-corrected chi connectivity index (χ1v) is 41.6. The number of guanidine groups is 1. The van der Waals surface area contributed by atoms with Gasteiger partial charge in [0, 0.05) is 45.3 Å². The zero-order chi connectivity index (χ0) is 99.7. The molecule has 18 amide bonds. The monoisotopic (exact) mass is 1870 g/mol. The number of carboxylic acid groups (broad SMARTS) is 6. The summed E-state index contributed by atoms with van der Waals surface area (Å²) in [5.41, 5.74) is 16.4. The minimum atomic E-state index is -2.21. The molecule has 2 rings (SSSR count). The molecule has 0 saturated carbocycles. The second-order valence-corrected chi connectivity index (χ2v) is 31.8. The Morgan fingerprint density at radius 2 is 0.763 bits per heavy atom.